The van der Waals surface area contributed by atoms with Gasteiger partial charge in [-0.25, -0.2) is 9.78 Å². The molecule has 3 heterocycles. The molecule has 1 aliphatic rings. The van der Waals surface area contributed by atoms with E-state index in [0.29, 0.717) is 41.5 Å². The zero-order chi connectivity index (χ0) is 21.3. The van der Waals surface area contributed by atoms with E-state index in [1.165, 1.54) is 7.11 Å². The van der Waals surface area contributed by atoms with Crippen molar-refractivity contribution in [2.24, 2.45) is 0 Å². The molecule has 2 aromatic rings. The second-order valence-corrected chi connectivity index (χ2v) is 8.20. The number of ether oxygens (including phenoxy) is 1. The van der Waals surface area contributed by atoms with E-state index in [-0.39, 0.29) is 33.2 Å². The lowest BCUT2D eigenvalue weighted by Gasteiger charge is -2.38. The smallest absolute Gasteiger partial charge is 0.348 e. The maximum atomic E-state index is 12.6. The fourth-order valence-corrected chi connectivity index (χ4v) is 4.52. The Hall–Kier alpha value is -2.14. The predicted molar refractivity (Wildman–Crippen MR) is 109 cm³/mol. The number of aromatic carboxylic acids is 1. The van der Waals surface area contributed by atoms with E-state index >= 15 is 0 Å². The van der Waals surface area contributed by atoms with Crippen LogP contribution >= 0.6 is 34.5 Å². The minimum Gasteiger partial charge on any atom is -0.477 e. The SMILES string of the molecule is COC1CC(NC(=O)c2[nH]c(C)c(Cl)c2Cl)CCN1c1nc(C=O)c(C(=O)O)s1. The van der Waals surface area contributed by atoms with Crippen LogP contribution < -0.4 is 10.2 Å². The monoisotopic (exact) mass is 460 g/mol. The number of nitrogens with zero attached hydrogens (tertiary/aromatic N) is 2. The lowest BCUT2D eigenvalue weighted by molar-refractivity contribution is 0.0629. The molecule has 0 aliphatic carbocycles. The number of rotatable bonds is 6. The average molecular weight is 461 g/mol. The Morgan fingerprint density at radius 2 is 2.14 bits per heavy atom. The first kappa shape index (κ1) is 21.6. The summed E-state index contributed by atoms with van der Waals surface area (Å²) in [5.41, 5.74) is 0.694. The van der Waals surface area contributed by atoms with Crippen LogP contribution in [0.5, 0.6) is 0 Å². The van der Waals surface area contributed by atoms with Crippen molar-refractivity contribution in [2.75, 3.05) is 18.6 Å². The Labute approximate surface area is 180 Å². The number of aromatic amines is 1. The van der Waals surface area contributed by atoms with Gasteiger partial charge in [-0.15, -0.1) is 0 Å². The van der Waals surface area contributed by atoms with Crippen molar-refractivity contribution < 1.29 is 24.2 Å². The summed E-state index contributed by atoms with van der Waals surface area (Å²) in [5, 5.41) is 13.0. The summed E-state index contributed by atoms with van der Waals surface area (Å²) >= 11 is 13.0. The van der Waals surface area contributed by atoms with E-state index in [1.54, 1.807) is 11.8 Å². The third-order valence-electron chi connectivity index (χ3n) is 4.63. The van der Waals surface area contributed by atoms with Crippen LogP contribution in [0.2, 0.25) is 10.0 Å². The molecule has 156 valence electrons. The zero-order valence-electron chi connectivity index (χ0n) is 15.5. The number of nitrogens with one attached hydrogen (secondary N) is 2. The molecule has 2 atom stereocenters. The number of aromatic nitrogens is 2. The van der Waals surface area contributed by atoms with Crippen LogP contribution in [0.25, 0.3) is 0 Å². The number of carbonyl (C=O) groups is 3. The van der Waals surface area contributed by atoms with Crippen molar-refractivity contribution >= 4 is 57.8 Å². The number of hydrogen-bond donors (Lipinski definition) is 3. The summed E-state index contributed by atoms with van der Waals surface area (Å²) in [5.74, 6) is -1.58. The number of amides is 1. The third kappa shape index (κ3) is 4.25. The molecule has 0 spiro atoms. The molecule has 1 saturated heterocycles. The number of piperidine rings is 1. The highest BCUT2D eigenvalue weighted by atomic mass is 35.5. The van der Waals surface area contributed by atoms with Crippen LogP contribution in [0, 0.1) is 6.92 Å². The maximum Gasteiger partial charge on any atom is 0.348 e. The lowest BCUT2D eigenvalue weighted by atomic mass is 10.0. The summed E-state index contributed by atoms with van der Waals surface area (Å²) in [4.78, 5) is 43.6. The molecule has 12 heteroatoms. The number of carboxylic acids is 1. The molecule has 0 aromatic carbocycles. The topological polar surface area (TPSA) is 125 Å². The highest BCUT2D eigenvalue weighted by Crippen LogP contribution is 2.32. The van der Waals surface area contributed by atoms with Crippen LogP contribution in [-0.4, -0.2) is 59.2 Å². The van der Waals surface area contributed by atoms with Crippen molar-refractivity contribution in [2.45, 2.75) is 32.0 Å². The van der Waals surface area contributed by atoms with E-state index in [2.05, 4.69) is 15.3 Å². The van der Waals surface area contributed by atoms with Crippen LogP contribution in [0.1, 0.15) is 49.2 Å². The summed E-state index contributed by atoms with van der Waals surface area (Å²) in [7, 11) is 1.51. The molecule has 1 amide bonds. The Balaban J connectivity index is 1.72. The number of H-pyrrole nitrogens is 1. The first-order chi connectivity index (χ1) is 13.8. The van der Waals surface area contributed by atoms with Gasteiger partial charge in [0, 0.05) is 31.8 Å². The van der Waals surface area contributed by atoms with Gasteiger partial charge in [0.1, 0.15) is 22.5 Å². The van der Waals surface area contributed by atoms with Gasteiger partial charge in [-0.1, -0.05) is 34.5 Å². The van der Waals surface area contributed by atoms with Crippen molar-refractivity contribution in [3.63, 3.8) is 0 Å². The number of halogens is 2. The van der Waals surface area contributed by atoms with Gasteiger partial charge in [-0.2, -0.15) is 0 Å². The molecule has 1 aliphatic heterocycles. The normalized spacial score (nSPS) is 19.2. The fourth-order valence-electron chi connectivity index (χ4n) is 3.16. The number of aryl methyl sites for hydroxylation is 1. The Kier molecular flexibility index (Phi) is 6.47. The number of thiazole rings is 1. The van der Waals surface area contributed by atoms with Gasteiger partial charge in [-0.05, 0) is 13.3 Å². The molecular weight excluding hydrogens is 443 g/mol. The van der Waals surface area contributed by atoms with Gasteiger partial charge in [0.2, 0.25) is 0 Å². The second kappa shape index (κ2) is 8.70. The molecular formula is C17H18Cl2N4O5S. The molecule has 0 radical (unpaired) electrons. The quantitative estimate of drug-likeness (QED) is 0.565. The highest BCUT2D eigenvalue weighted by molar-refractivity contribution is 7.17. The highest BCUT2D eigenvalue weighted by Gasteiger charge is 2.33. The first-order valence-corrected chi connectivity index (χ1v) is 10.2. The van der Waals surface area contributed by atoms with Crippen LogP contribution in [-0.2, 0) is 4.74 Å². The van der Waals surface area contributed by atoms with Crippen molar-refractivity contribution in [3.8, 4) is 0 Å². The van der Waals surface area contributed by atoms with Crippen molar-refractivity contribution in [3.05, 3.63) is 32.0 Å². The second-order valence-electron chi connectivity index (χ2n) is 6.47. The molecule has 0 bridgehead atoms. The predicted octanol–water partition coefficient (Wildman–Crippen LogP) is 2.97. The summed E-state index contributed by atoms with van der Waals surface area (Å²) in [6, 6.07) is -0.202. The molecule has 2 unspecified atom stereocenters. The Morgan fingerprint density at radius 1 is 1.41 bits per heavy atom. The molecule has 3 rings (SSSR count). The van der Waals surface area contributed by atoms with Gasteiger partial charge in [0.15, 0.2) is 11.4 Å². The third-order valence-corrected chi connectivity index (χ3v) is 6.68. The molecule has 1 fully saturated rings. The largest absolute Gasteiger partial charge is 0.477 e. The maximum absolute atomic E-state index is 12.6. The number of methoxy groups -OCH3 is 1. The van der Waals surface area contributed by atoms with E-state index in [4.69, 9.17) is 27.9 Å². The number of carboxylic acid groups (broad SMARTS) is 1. The van der Waals surface area contributed by atoms with Gasteiger partial charge in [-0.3, -0.25) is 9.59 Å². The van der Waals surface area contributed by atoms with E-state index < -0.39 is 12.2 Å². The van der Waals surface area contributed by atoms with Gasteiger partial charge in [0.25, 0.3) is 5.91 Å². The number of carbonyl (C=O) groups excluding carboxylic acids is 2. The van der Waals surface area contributed by atoms with E-state index in [0.717, 1.165) is 11.3 Å². The van der Waals surface area contributed by atoms with Gasteiger partial charge >= 0.3 is 5.97 Å². The molecule has 9 nitrogen and oxygen atoms in total. The summed E-state index contributed by atoms with van der Waals surface area (Å²) in [6.07, 6.45) is 0.970. The van der Waals surface area contributed by atoms with Gasteiger partial charge < -0.3 is 25.0 Å². The Morgan fingerprint density at radius 3 is 2.66 bits per heavy atom. The minimum absolute atomic E-state index is 0.114. The fraction of sp³-hybridized carbons (Fsp3) is 0.412. The Bertz CT molecular complexity index is 960. The van der Waals surface area contributed by atoms with Crippen LogP contribution in [0.3, 0.4) is 0 Å². The number of anilines is 1. The molecule has 29 heavy (non-hydrogen) atoms. The van der Waals surface area contributed by atoms with Crippen molar-refractivity contribution in [1.29, 1.82) is 0 Å². The summed E-state index contributed by atoms with van der Waals surface area (Å²) in [6.45, 7) is 2.17. The zero-order valence-corrected chi connectivity index (χ0v) is 17.8. The van der Waals surface area contributed by atoms with Gasteiger partial charge in [0.05, 0.1) is 10.0 Å². The summed E-state index contributed by atoms with van der Waals surface area (Å²) < 4.78 is 5.52. The van der Waals surface area contributed by atoms with Crippen LogP contribution in [0.4, 0.5) is 5.13 Å². The molecule has 0 saturated carbocycles. The van der Waals surface area contributed by atoms with Crippen LogP contribution in [0.15, 0.2) is 0 Å². The average Bonchev–Trinajstić information content (AvgIpc) is 3.24. The first-order valence-electron chi connectivity index (χ1n) is 8.60. The number of aldehydes is 1. The molecule has 2 aromatic heterocycles. The van der Waals surface area contributed by atoms with E-state index in [9.17, 15) is 19.5 Å². The van der Waals surface area contributed by atoms with E-state index in [1.807, 2.05) is 0 Å². The lowest BCUT2D eigenvalue weighted by Crippen LogP contribution is -2.51. The standard InChI is InChI=1S/C17H18Cl2N4O5S/c1-7-11(18)12(19)13(20-7)15(25)21-8-3-4-23(10(5-8)28-2)17-22-9(6-24)14(29-17)16(26)27/h6,8,10,20H,3-5H2,1-2H3,(H,21,25)(H,26,27). The molecule has 3 N–H and O–H groups in total. The minimum atomic E-state index is -1.20. The van der Waals surface area contributed by atoms with Crippen molar-refractivity contribution in [1.82, 2.24) is 15.3 Å². The number of hydrogen-bond acceptors (Lipinski definition) is 7.